The Morgan fingerprint density at radius 1 is 1.36 bits per heavy atom. The molecular weight excluding hydrogens is 192 g/mol. The second-order valence-corrected chi connectivity index (χ2v) is 6.43. The normalized spacial score (nSPS) is 45.6. The lowest BCUT2D eigenvalue weighted by Crippen LogP contribution is -2.51. The molecule has 0 aliphatic carbocycles. The van der Waals surface area contributed by atoms with Crippen LogP contribution in [-0.2, 0) is 0 Å². The minimum absolute atomic E-state index is 0.407. The maximum Gasteiger partial charge on any atom is 0.0197 e. The zero-order chi connectivity index (χ0) is 10.1. The van der Waals surface area contributed by atoms with E-state index in [1.54, 1.807) is 0 Å². The molecule has 14 heavy (non-hydrogen) atoms. The van der Waals surface area contributed by atoms with Crippen molar-refractivity contribution < 1.29 is 0 Å². The third-order valence-corrected chi connectivity index (χ3v) is 5.08. The molecule has 0 aromatic carbocycles. The average Bonchev–Trinajstić information content (AvgIpc) is 2.57. The van der Waals surface area contributed by atoms with Crippen molar-refractivity contribution in [3.05, 3.63) is 0 Å². The summed E-state index contributed by atoms with van der Waals surface area (Å²) in [4.78, 5) is 2.63. The van der Waals surface area contributed by atoms with Gasteiger partial charge in [-0.1, -0.05) is 13.8 Å². The van der Waals surface area contributed by atoms with Gasteiger partial charge in [0.25, 0.3) is 0 Å². The van der Waals surface area contributed by atoms with Crippen molar-refractivity contribution in [1.82, 2.24) is 4.90 Å². The molecule has 2 N–H and O–H groups in total. The van der Waals surface area contributed by atoms with E-state index in [1.165, 1.54) is 25.1 Å². The summed E-state index contributed by atoms with van der Waals surface area (Å²) in [6.45, 7) is 7.02. The largest absolute Gasteiger partial charge is 0.326 e. The average molecular weight is 214 g/mol. The first kappa shape index (κ1) is 10.8. The van der Waals surface area contributed by atoms with E-state index in [9.17, 15) is 0 Å². The van der Waals surface area contributed by atoms with E-state index in [0.29, 0.717) is 6.04 Å². The topological polar surface area (TPSA) is 29.3 Å². The summed E-state index contributed by atoms with van der Waals surface area (Å²) in [5.74, 6) is 2.04. The highest BCUT2D eigenvalue weighted by Gasteiger charge is 2.32. The summed E-state index contributed by atoms with van der Waals surface area (Å²) in [5.41, 5.74) is 6.12. The Kier molecular flexibility index (Phi) is 3.40. The fourth-order valence-electron chi connectivity index (χ4n) is 2.51. The van der Waals surface area contributed by atoms with Crippen LogP contribution in [0.5, 0.6) is 0 Å². The number of nitrogens with zero attached hydrogens (tertiary/aromatic N) is 1. The fourth-order valence-corrected chi connectivity index (χ4v) is 3.76. The highest BCUT2D eigenvalue weighted by molar-refractivity contribution is 8.00. The number of likely N-dealkylation sites (tertiary alicyclic amines) is 1. The zero-order valence-electron chi connectivity index (χ0n) is 9.28. The molecule has 0 aromatic heterocycles. The summed E-state index contributed by atoms with van der Waals surface area (Å²) in [6, 6.07) is 1.22. The van der Waals surface area contributed by atoms with E-state index >= 15 is 0 Å². The summed E-state index contributed by atoms with van der Waals surface area (Å²) in [7, 11) is 0. The van der Waals surface area contributed by atoms with Crippen molar-refractivity contribution in [2.75, 3.05) is 18.8 Å². The monoisotopic (exact) mass is 214 g/mol. The quantitative estimate of drug-likeness (QED) is 0.718. The van der Waals surface area contributed by atoms with Crippen molar-refractivity contribution in [3.63, 3.8) is 0 Å². The van der Waals surface area contributed by atoms with Crippen molar-refractivity contribution in [2.45, 2.75) is 44.0 Å². The first-order chi connectivity index (χ1) is 6.66. The maximum absolute atomic E-state index is 6.12. The lowest BCUT2D eigenvalue weighted by Gasteiger charge is -2.38. The molecular formula is C11H22N2S. The summed E-state index contributed by atoms with van der Waals surface area (Å²) in [5, 5.41) is 0.857. The van der Waals surface area contributed by atoms with Crippen molar-refractivity contribution >= 4 is 11.8 Å². The van der Waals surface area contributed by atoms with Gasteiger partial charge in [0.15, 0.2) is 0 Å². The van der Waals surface area contributed by atoms with E-state index in [1.807, 2.05) is 0 Å². The molecule has 2 nitrogen and oxygen atoms in total. The van der Waals surface area contributed by atoms with Gasteiger partial charge in [0, 0.05) is 29.6 Å². The fraction of sp³-hybridized carbons (Fsp3) is 1.00. The smallest absolute Gasteiger partial charge is 0.0197 e. The standard InChI is InChI=1S/C11H22N2S/c1-8-3-4-13(6-11(8)12)10-5-9(2)14-7-10/h8-11H,3-7,12H2,1-2H3. The molecule has 4 atom stereocenters. The van der Waals surface area contributed by atoms with Gasteiger partial charge in [-0.15, -0.1) is 0 Å². The Bertz CT molecular complexity index is 198. The number of hydrogen-bond donors (Lipinski definition) is 1. The van der Waals surface area contributed by atoms with Crippen LogP contribution >= 0.6 is 11.8 Å². The van der Waals surface area contributed by atoms with E-state index in [-0.39, 0.29) is 0 Å². The molecule has 0 bridgehead atoms. The van der Waals surface area contributed by atoms with Crippen LogP contribution in [0.1, 0.15) is 26.7 Å². The van der Waals surface area contributed by atoms with Gasteiger partial charge in [0.2, 0.25) is 0 Å². The van der Waals surface area contributed by atoms with Crippen LogP contribution in [0.4, 0.5) is 0 Å². The van der Waals surface area contributed by atoms with Crippen LogP contribution in [0.25, 0.3) is 0 Å². The van der Waals surface area contributed by atoms with Gasteiger partial charge >= 0.3 is 0 Å². The van der Waals surface area contributed by atoms with E-state index < -0.39 is 0 Å². The van der Waals surface area contributed by atoms with Crippen LogP contribution in [0.3, 0.4) is 0 Å². The molecule has 3 heteroatoms. The van der Waals surface area contributed by atoms with Crippen molar-refractivity contribution in [3.8, 4) is 0 Å². The number of piperidine rings is 1. The second kappa shape index (κ2) is 4.42. The highest BCUT2D eigenvalue weighted by atomic mass is 32.2. The first-order valence-corrected chi connectivity index (χ1v) is 6.83. The zero-order valence-corrected chi connectivity index (χ0v) is 10.1. The van der Waals surface area contributed by atoms with Crippen LogP contribution in [0.2, 0.25) is 0 Å². The molecule has 0 amide bonds. The molecule has 2 saturated heterocycles. The summed E-state index contributed by atoms with van der Waals surface area (Å²) >= 11 is 2.12. The number of thioether (sulfide) groups is 1. The van der Waals surface area contributed by atoms with E-state index in [4.69, 9.17) is 5.73 Å². The number of rotatable bonds is 1. The minimum atomic E-state index is 0.407. The molecule has 2 rings (SSSR count). The van der Waals surface area contributed by atoms with E-state index in [2.05, 4.69) is 30.5 Å². The molecule has 2 fully saturated rings. The number of hydrogen-bond acceptors (Lipinski definition) is 3. The lowest BCUT2D eigenvalue weighted by molar-refractivity contribution is 0.129. The summed E-state index contributed by atoms with van der Waals surface area (Å²) in [6.07, 6.45) is 2.66. The van der Waals surface area contributed by atoms with Crippen molar-refractivity contribution in [2.24, 2.45) is 11.7 Å². The van der Waals surface area contributed by atoms with Crippen molar-refractivity contribution in [1.29, 1.82) is 0 Å². The molecule has 2 heterocycles. The van der Waals surface area contributed by atoms with E-state index in [0.717, 1.165) is 23.8 Å². The van der Waals surface area contributed by atoms with Crippen LogP contribution in [0, 0.1) is 5.92 Å². The SMILES string of the molecule is CC1CC(N2CCC(C)C(N)C2)CS1. The van der Waals surface area contributed by atoms with Gasteiger partial charge in [0.05, 0.1) is 0 Å². The molecule has 0 saturated carbocycles. The first-order valence-electron chi connectivity index (χ1n) is 5.78. The second-order valence-electron chi connectivity index (χ2n) is 4.96. The van der Waals surface area contributed by atoms with Gasteiger partial charge < -0.3 is 5.73 Å². The van der Waals surface area contributed by atoms with Crippen LogP contribution in [0.15, 0.2) is 0 Å². The van der Waals surface area contributed by atoms with Crippen LogP contribution in [-0.4, -0.2) is 41.1 Å². The summed E-state index contributed by atoms with van der Waals surface area (Å²) < 4.78 is 0. The van der Waals surface area contributed by atoms with Gasteiger partial charge in [-0.2, -0.15) is 11.8 Å². The Labute approximate surface area is 91.6 Å². The Morgan fingerprint density at radius 3 is 2.71 bits per heavy atom. The predicted molar refractivity (Wildman–Crippen MR) is 63.7 cm³/mol. The molecule has 2 aliphatic heterocycles. The molecule has 82 valence electrons. The van der Waals surface area contributed by atoms with Crippen LogP contribution < -0.4 is 5.73 Å². The third-order valence-electron chi connectivity index (χ3n) is 3.74. The van der Waals surface area contributed by atoms with Gasteiger partial charge in [-0.05, 0) is 25.3 Å². The highest BCUT2D eigenvalue weighted by Crippen LogP contribution is 2.31. The molecule has 4 unspecified atom stereocenters. The predicted octanol–water partition coefficient (Wildman–Crippen LogP) is 1.55. The maximum atomic E-state index is 6.12. The number of nitrogens with two attached hydrogens (primary N) is 1. The Balaban J connectivity index is 1.87. The van der Waals surface area contributed by atoms with Gasteiger partial charge in [0.1, 0.15) is 0 Å². The molecule has 0 aromatic rings. The molecule has 0 radical (unpaired) electrons. The van der Waals surface area contributed by atoms with Gasteiger partial charge in [-0.25, -0.2) is 0 Å². The molecule has 2 aliphatic rings. The Hall–Kier alpha value is 0.270. The van der Waals surface area contributed by atoms with Gasteiger partial charge in [-0.3, -0.25) is 4.90 Å². The lowest BCUT2D eigenvalue weighted by atomic mass is 9.93. The minimum Gasteiger partial charge on any atom is -0.326 e. The Morgan fingerprint density at radius 2 is 2.14 bits per heavy atom. The third kappa shape index (κ3) is 2.26. The molecule has 0 spiro atoms.